The zero-order valence-electron chi connectivity index (χ0n) is 8.96. The SMILES string of the molecule is COC1C(C)CCC2CCCCC21. The molecule has 0 aromatic rings. The molecule has 0 amide bonds. The molecule has 0 bridgehead atoms. The number of hydrogen-bond acceptors (Lipinski definition) is 1. The summed E-state index contributed by atoms with van der Waals surface area (Å²) >= 11 is 0. The van der Waals surface area contributed by atoms with Crippen LogP contribution in [-0.2, 0) is 4.74 Å². The van der Waals surface area contributed by atoms with Gasteiger partial charge in [0.15, 0.2) is 0 Å². The molecular formula is C12H22O. The van der Waals surface area contributed by atoms with Crippen LogP contribution in [0.1, 0.15) is 45.4 Å². The first-order chi connectivity index (χ1) is 6.33. The van der Waals surface area contributed by atoms with Crippen molar-refractivity contribution in [2.75, 3.05) is 7.11 Å². The van der Waals surface area contributed by atoms with Crippen molar-refractivity contribution in [3.63, 3.8) is 0 Å². The summed E-state index contributed by atoms with van der Waals surface area (Å²) in [5, 5.41) is 0. The Morgan fingerprint density at radius 2 is 1.77 bits per heavy atom. The molecule has 13 heavy (non-hydrogen) atoms. The van der Waals surface area contributed by atoms with E-state index in [2.05, 4.69) is 6.92 Å². The van der Waals surface area contributed by atoms with Crippen molar-refractivity contribution in [1.82, 2.24) is 0 Å². The summed E-state index contributed by atoms with van der Waals surface area (Å²) in [6.45, 7) is 2.36. The molecule has 4 atom stereocenters. The van der Waals surface area contributed by atoms with Crippen molar-refractivity contribution in [3.8, 4) is 0 Å². The van der Waals surface area contributed by atoms with Gasteiger partial charge in [-0.25, -0.2) is 0 Å². The first kappa shape index (κ1) is 9.51. The van der Waals surface area contributed by atoms with Crippen LogP contribution >= 0.6 is 0 Å². The second kappa shape index (κ2) is 4.00. The third-order valence-electron chi connectivity index (χ3n) is 4.22. The molecule has 0 saturated heterocycles. The highest BCUT2D eigenvalue weighted by Gasteiger charge is 2.38. The van der Waals surface area contributed by atoms with Crippen LogP contribution in [0.25, 0.3) is 0 Å². The lowest BCUT2D eigenvalue weighted by Crippen LogP contribution is -2.40. The highest BCUT2D eigenvalue weighted by molar-refractivity contribution is 4.88. The first-order valence-corrected chi connectivity index (χ1v) is 5.85. The van der Waals surface area contributed by atoms with Crippen molar-refractivity contribution in [3.05, 3.63) is 0 Å². The van der Waals surface area contributed by atoms with Gasteiger partial charge in [-0.05, 0) is 37.0 Å². The molecule has 0 aromatic carbocycles. The van der Waals surface area contributed by atoms with Gasteiger partial charge in [0.1, 0.15) is 0 Å². The fraction of sp³-hybridized carbons (Fsp3) is 1.00. The Bertz CT molecular complexity index is 167. The van der Waals surface area contributed by atoms with E-state index in [0.717, 1.165) is 17.8 Å². The smallest absolute Gasteiger partial charge is 0.0627 e. The van der Waals surface area contributed by atoms with Crippen LogP contribution in [0.3, 0.4) is 0 Å². The van der Waals surface area contributed by atoms with E-state index >= 15 is 0 Å². The van der Waals surface area contributed by atoms with E-state index in [9.17, 15) is 0 Å². The Labute approximate surface area is 81.9 Å². The molecule has 2 rings (SSSR count). The topological polar surface area (TPSA) is 9.23 Å². The molecule has 0 N–H and O–H groups in total. The van der Waals surface area contributed by atoms with E-state index in [-0.39, 0.29) is 0 Å². The minimum Gasteiger partial charge on any atom is -0.381 e. The van der Waals surface area contributed by atoms with E-state index in [1.165, 1.54) is 38.5 Å². The molecule has 76 valence electrons. The van der Waals surface area contributed by atoms with Crippen LogP contribution in [-0.4, -0.2) is 13.2 Å². The van der Waals surface area contributed by atoms with Crippen molar-refractivity contribution in [2.45, 2.75) is 51.6 Å². The summed E-state index contributed by atoms with van der Waals surface area (Å²) < 4.78 is 5.67. The molecule has 0 radical (unpaired) electrons. The average Bonchev–Trinajstić information content (AvgIpc) is 2.18. The average molecular weight is 182 g/mol. The van der Waals surface area contributed by atoms with E-state index < -0.39 is 0 Å². The highest BCUT2D eigenvalue weighted by atomic mass is 16.5. The maximum Gasteiger partial charge on any atom is 0.0627 e. The maximum atomic E-state index is 5.67. The molecule has 0 heterocycles. The molecule has 1 nitrogen and oxygen atoms in total. The zero-order valence-corrected chi connectivity index (χ0v) is 8.96. The van der Waals surface area contributed by atoms with Gasteiger partial charge in [0.05, 0.1) is 6.10 Å². The first-order valence-electron chi connectivity index (χ1n) is 5.85. The molecule has 2 saturated carbocycles. The molecule has 0 spiro atoms. The monoisotopic (exact) mass is 182 g/mol. The number of fused-ring (bicyclic) bond motifs is 1. The summed E-state index contributed by atoms with van der Waals surface area (Å²) in [6.07, 6.45) is 9.22. The summed E-state index contributed by atoms with van der Waals surface area (Å²) in [5.41, 5.74) is 0. The van der Waals surface area contributed by atoms with Gasteiger partial charge >= 0.3 is 0 Å². The Balaban J connectivity index is 2.04. The molecule has 0 aliphatic heterocycles. The second-order valence-electron chi connectivity index (χ2n) is 4.96. The van der Waals surface area contributed by atoms with Gasteiger partial charge in [0.2, 0.25) is 0 Å². The van der Waals surface area contributed by atoms with E-state index in [4.69, 9.17) is 4.74 Å². The van der Waals surface area contributed by atoms with Crippen molar-refractivity contribution < 1.29 is 4.74 Å². The summed E-state index contributed by atoms with van der Waals surface area (Å²) in [7, 11) is 1.90. The third-order valence-corrected chi connectivity index (χ3v) is 4.22. The van der Waals surface area contributed by atoms with E-state index in [0.29, 0.717) is 6.10 Å². The van der Waals surface area contributed by atoms with Gasteiger partial charge in [-0.1, -0.05) is 26.2 Å². The normalized spacial score (nSPS) is 45.7. The van der Waals surface area contributed by atoms with Gasteiger partial charge < -0.3 is 4.74 Å². The second-order valence-corrected chi connectivity index (χ2v) is 4.96. The van der Waals surface area contributed by atoms with Gasteiger partial charge in [-0.15, -0.1) is 0 Å². The van der Waals surface area contributed by atoms with Gasteiger partial charge in [0.25, 0.3) is 0 Å². The lowest BCUT2D eigenvalue weighted by atomic mass is 9.66. The van der Waals surface area contributed by atoms with Crippen molar-refractivity contribution >= 4 is 0 Å². The van der Waals surface area contributed by atoms with Crippen molar-refractivity contribution in [2.24, 2.45) is 17.8 Å². The highest BCUT2D eigenvalue weighted by Crippen LogP contribution is 2.43. The third kappa shape index (κ3) is 1.76. The van der Waals surface area contributed by atoms with Crippen LogP contribution < -0.4 is 0 Å². The number of rotatable bonds is 1. The van der Waals surface area contributed by atoms with Crippen LogP contribution in [0.5, 0.6) is 0 Å². The Hall–Kier alpha value is -0.0400. The van der Waals surface area contributed by atoms with Gasteiger partial charge in [-0.3, -0.25) is 0 Å². The van der Waals surface area contributed by atoms with Crippen molar-refractivity contribution in [1.29, 1.82) is 0 Å². The molecule has 0 aromatic heterocycles. The largest absolute Gasteiger partial charge is 0.381 e. The van der Waals surface area contributed by atoms with Gasteiger partial charge in [0, 0.05) is 7.11 Å². The number of methoxy groups -OCH3 is 1. The molecule has 1 heteroatoms. The van der Waals surface area contributed by atoms with Crippen LogP contribution in [0.4, 0.5) is 0 Å². The molecule has 2 fully saturated rings. The maximum absolute atomic E-state index is 5.67. The molecule has 2 aliphatic rings. The minimum absolute atomic E-state index is 0.569. The predicted molar refractivity (Wildman–Crippen MR) is 54.6 cm³/mol. The lowest BCUT2D eigenvalue weighted by Gasteiger charge is -2.43. The Morgan fingerprint density at radius 1 is 1.00 bits per heavy atom. The molecule has 2 aliphatic carbocycles. The minimum atomic E-state index is 0.569. The molecular weight excluding hydrogens is 160 g/mol. The zero-order chi connectivity index (χ0) is 9.26. The number of ether oxygens (including phenoxy) is 1. The summed E-state index contributed by atoms with van der Waals surface area (Å²) in [5.74, 6) is 2.68. The predicted octanol–water partition coefficient (Wildman–Crippen LogP) is 3.24. The fourth-order valence-corrected chi connectivity index (χ4v) is 3.50. The van der Waals surface area contributed by atoms with E-state index in [1.807, 2.05) is 7.11 Å². The number of hydrogen-bond donors (Lipinski definition) is 0. The summed E-state index contributed by atoms with van der Waals surface area (Å²) in [4.78, 5) is 0. The van der Waals surface area contributed by atoms with Crippen LogP contribution in [0.2, 0.25) is 0 Å². The Kier molecular flexibility index (Phi) is 2.92. The quantitative estimate of drug-likeness (QED) is 0.605. The lowest BCUT2D eigenvalue weighted by molar-refractivity contribution is -0.0539. The van der Waals surface area contributed by atoms with Crippen LogP contribution in [0, 0.1) is 17.8 Å². The van der Waals surface area contributed by atoms with E-state index in [1.54, 1.807) is 0 Å². The van der Waals surface area contributed by atoms with Gasteiger partial charge in [-0.2, -0.15) is 0 Å². The summed E-state index contributed by atoms with van der Waals surface area (Å²) in [6, 6.07) is 0. The fourth-order valence-electron chi connectivity index (χ4n) is 3.50. The molecule has 4 unspecified atom stereocenters. The van der Waals surface area contributed by atoms with Crippen LogP contribution in [0.15, 0.2) is 0 Å². The Morgan fingerprint density at radius 3 is 2.54 bits per heavy atom. The standard InChI is InChI=1S/C12H22O/c1-9-7-8-10-5-3-4-6-11(10)12(9)13-2/h9-12H,3-8H2,1-2H3.